The van der Waals surface area contributed by atoms with E-state index in [-0.39, 0.29) is 0 Å². The van der Waals surface area contributed by atoms with Gasteiger partial charge in [0.1, 0.15) is 0 Å². The molecule has 0 aromatic carbocycles. The molecule has 2 rings (SSSR count). The van der Waals surface area contributed by atoms with E-state index in [1.807, 2.05) is 0 Å². The molecule has 0 radical (unpaired) electrons. The standard InChI is InChI=1S/C11H21NO/c12-11(10-3-1-2-4-10)7-9-5-6-13-8-9/h9-11H,1-8,12H2. The Labute approximate surface area is 80.8 Å². The highest BCUT2D eigenvalue weighted by Gasteiger charge is 2.26. The van der Waals surface area contributed by atoms with Crippen molar-refractivity contribution in [2.75, 3.05) is 13.2 Å². The predicted molar refractivity (Wildman–Crippen MR) is 53.5 cm³/mol. The molecule has 1 saturated carbocycles. The maximum absolute atomic E-state index is 6.20. The Kier molecular flexibility index (Phi) is 3.23. The van der Waals surface area contributed by atoms with E-state index in [1.165, 1.54) is 38.5 Å². The molecule has 0 aromatic rings. The molecule has 0 amide bonds. The van der Waals surface area contributed by atoms with Crippen LogP contribution in [0.3, 0.4) is 0 Å². The van der Waals surface area contributed by atoms with E-state index in [0.29, 0.717) is 6.04 Å². The quantitative estimate of drug-likeness (QED) is 0.725. The highest BCUT2D eigenvalue weighted by atomic mass is 16.5. The first kappa shape index (κ1) is 9.47. The third-order valence-electron chi connectivity index (χ3n) is 3.63. The Bertz CT molecular complexity index is 148. The summed E-state index contributed by atoms with van der Waals surface area (Å²) in [7, 11) is 0. The summed E-state index contributed by atoms with van der Waals surface area (Å²) < 4.78 is 5.37. The first-order valence-electron chi connectivity index (χ1n) is 5.69. The van der Waals surface area contributed by atoms with Crippen LogP contribution in [0, 0.1) is 11.8 Å². The summed E-state index contributed by atoms with van der Waals surface area (Å²) in [6.07, 6.45) is 7.98. The van der Waals surface area contributed by atoms with Crippen LogP contribution in [0.2, 0.25) is 0 Å². The Balaban J connectivity index is 1.73. The van der Waals surface area contributed by atoms with Crippen molar-refractivity contribution in [3.8, 4) is 0 Å². The van der Waals surface area contributed by atoms with E-state index in [1.54, 1.807) is 0 Å². The Morgan fingerprint density at radius 2 is 2.00 bits per heavy atom. The summed E-state index contributed by atoms with van der Waals surface area (Å²) in [5.74, 6) is 1.58. The average molecular weight is 183 g/mol. The molecule has 1 aliphatic carbocycles. The Morgan fingerprint density at radius 3 is 2.62 bits per heavy atom. The van der Waals surface area contributed by atoms with Gasteiger partial charge in [0.2, 0.25) is 0 Å². The number of hydrogen-bond donors (Lipinski definition) is 1. The maximum Gasteiger partial charge on any atom is 0.0495 e. The average Bonchev–Trinajstić information content (AvgIpc) is 2.74. The van der Waals surface area contributed by atoms with E-state index in [9.17, 15) is 0 Å². The second-order valence-electron chi connectivity index (χ2n) is 4.67. The molecular formula is C11H21NO. The van der Waals surface area contributed by atoms with Crippen LogP contribution in [0.1, 0.15) is 38.5 Å². The van der Waals surface area contributed by atoms with E-state index in [0.717, 1.165) is 25.0 Å². The highest BCUT2D eigenvalue weighted by molar-refractivity contribution is 4.81. The van der Waals surface area contributed by atoms with Crippen LogP contribution >= 0.6 is 0 Å². The SMILES string of the molecule is NC(CC1CCOC1)C1CCCC1. The van der Waals surface area contributed by atoms with Gasteiger partial charge in [-0.25, -0.2) is 0 Å². The smallest absolute Gasteiger partial charge is 0.0495 e. The van der Waals surface area contributed by atoms with E-state index < -0.39 is 0 Å². The highest BCUT2D eigenvalue weighted by Crippen LogP contribution is 2.30. The van der Waals surface area contributed by atoms with Crippen LogP contribution in [-0.2, 0) is 4.74 Å². The molecule has 0 aromatic heterocycles. The monoisotopic (exact) mass is 183 g/mol. The van der Waals surface area contributed by atoms with Crippen LogP contribution in [0.5, 0.6) is 0 Å². The van der Waals surface area contributed by atoms with Gasteiger partial charge in [-0.05, 0) is 37.5 Å². The summed E-state index contributed by atoms with van der Waals surface area (Å²) in [5.41, 5.74) is 6.20. The van der Waals surface area contributed by atoms with Crippen LogP contribution < -0.4 is 5.73 Å². The molecular weight excluding hydrogens is 162 g/mol. The number of hydrogen-bond acceptors (Lipinski definition) is 2. The third-order valence-corrected chi connectivity index (χ3v) is 3.63. The van der Waals surface area contributed by atoms with Gasteiger partial charge in [-0.3, -0.25) is 0 Å². The summed E-state index contributed by atoms with van der Waals surface area (Å²) in [4.78, 5) is 0. The fraction of sp³-hybridized carbons (Fsp3) is 1.00. The molecule has 2 heteroatoms. The van der Waals surface area contributed by atoms with Crippen LogP contribution in [0.4, 0.5) is 0 Å². The van der Waals surface area contributed by atoms with Gasteiger partial charge in [0.25, 0.3) is 0 Å². The molecule has 2 atom stereocenters. The van der Waals surface area contributed by atoms with Gasteiger partial charge < -0.3 is 10.5 Å². The molecule has 76 valence electrons. The second-order valence-corrected chi connectivity index (χ2v) is 4.67. The zero-order chi connectivity index (χ0) is 9.10. The van der Waals surface area contributed by atoms with Crippen LogP contribution in [0.25, 0.3) is 0 Å². The van der Waals surface area contributed by atoms with E-state index in [2.05, 4.69) is 0 Å². The van der Waals surface area contributed by atoms with Crippen LogP contribution in [-0.4, -0.2) is 19.3 Å². The molecule has 2 fully saturated rings. The summed E-state index contributed by atoms with van der Waals surface area (Å²) in [6, 6.07) is 0.453. The summed E-state index contributed by atoms with van der Waals surface area (Å²) in [6.45, 7) is 1.92. The number of rotatable bonds is 3. The molecule has 0 spiro atoms. The number of ether oxygens (including phenoxy) is 1. The van der Waals surface area contributed by atoms with Gasteiger partial charge in [-0.1, -0.05) is 12.8 Å². The van der Waals surface area contributed by atoms with Crippen molar-refractivity contribution >= 4 is 0 Å². The summed E-state index contributed by atoms with van der Waals surface area (Å²) >= 11 is 0. The van der Waals surface area contributed by atoms with Gasteiger partial charge in [0.15, 0.2) is 0 Å². The largest absolute Gasteiger partial charge is 0.381 e. The van der Waals surface area contributed by atoms with Crippen molar-refractivity contribution in [1.82, 2.24) is 0 Å². The minimum atomic E-state index is 0.453. The first-order valence-corrected chi connectivity index (χ1v) is 5.69. The Hall–Kier alpha value is -0.0800. The van der Waals surface area contributed by atoms with Crippen molar-refractivity contribution < 1.29 is 4.74 Å². The zero-order valence-electron chi connectivity index (χ0n) is 8.37. The first-order chi connectivity index (χ1) is 6.36. The second kappa shape index (κ2) is 4.43. The lowest BCUT2D eigenvalue weighted by atomic mass is 9.90. The predicted octanol–water partition coefficient (Wildman–Crippen LogP) is 1.93. The van der Waals surface area contributed by atoms with Crippen molar-refractivity contribution in [3.05, 3.63) is 0 Å². The maximum atomic E-state index is 6.20. The molecule has 0 bridgehead atoms. The Morgan fingerprint density at radius 1 is 1.23 bits per heavy atom. The van der Waals surface area contributed by atoms with Crippen molar-refractivity contribution in [2.45, 2.75) is 44.6 Å². The molecule has 2 unspecified atom stereocenters. The van der Waals surface area contributed by atoms with Gasteiger partial charge in [0.05, 0.1) is 0 Å². The zero-order valence-corrected chi connectivity index (χ0v) is 8.37. The lowest BCUT2D eigenvalue weighted by Crippen LogP contribution is -2.31. The van der Waals surface area contributed by atoms with Crippen molar-refractivity contribution in [3.63, 3.8) is 0 Å². The number of nitrogens with two attached hydrogens (primary N) is 1. The molecule has 2 aliphatic rings. The third kappa shape index (κ3) is 2.44. The molecule has 1 heterocycles. The van der Waals surface area contributed by atoms with Crippen LogP contribution in [0.15, 0.2) is 0 Å². The van der Waals surface area contributed by atoms with Crippen molar-refractivity contribution in [1.29, 1.82) is 0 Å². The fourth-order valence-corrected chi connectivity index (χ4v) is 2.73. The minimum absolute atomic E-state index is 0.453. The van der Waals surface area contributed by atoms with Crippen molar-refractivity contribution in [2.24, 2.45) is 17.6 Å². The topological polar surface area (TPSA) is 35.2 Å². The molecule has 13 heavy (non-hydrogen) atoms. The van der Waals surface area contributed by atoms with Gasteiger partial charge in [-0.15, -0.1) is 0 Å². The fourth-order valence-electron chi connectivity index (χ4n) is 2.73. The minimum Gasteiger partial charge on any atom is -0.381 e. The van der Waals surface area contributed by atoms with Gasteiger partial charge in [0, 0.05) is 19.3 Å². The van der Waals surface area contributed by atoms with E-state index >= 15 is 0 Å². The lowest BCUT2D eigenvalue weighted by Gasteiger charge is -2.21. The molecule has 2 nitrogen and oxygen atoms in total. The molecule has 1 aliphatic heterocycles. The normalized spacial score (nSPS) is 32.5. The summed E-state index contributed by atoms with van der Waals surface area (Å²) in [5, 5.41) is 0. The van der Waals surface area contributed by atoms with Gasteiger partial charge in [-0.2, -0.15) is 0 Å². The molecule has 1 saturated heterocycles. The van der Waals surface area contributed by atoms with Gasteiger partial charge >= 0.3 is 0 Å². The lowest BCUT2D eigenvalue weighted by molar-refractivity contribution is 0.180. The molecule has 2 N–H and O–H groups in total. The van der Waals surface area contributed by atoms with E-state index in [4.69, 9.17) is 10.5 Å².